The molecule has 7 heteroatoms. The summed E-state index contributed by atoms with van der Waals surface area (Å²) in [4.78, 5) is 15.6. The van der Waals surface area contributed by atoms with Gasteiger partial charge < -0.3 is 23.6 Å². The predicted octanol–water partition coefficient (Wildman–Crippen LogP) is 2.67. The summed E-state index contributed by atoms with van der Waals surface area (Å²) in [6, 6.07) is 6.88. The molecule has 0 bridgehead atoms. The van der Waals surface area contributed by atoms with Gasteiger partial charge in [0, 0.05) is 18.6 Å². The van der Waals surface area contributed by atoms with Crippen LogP contribution in [0.4, 0.5) is 0 Å². The summed E-state index contributed by atoms with van der Waals surface area (Å²) in [5, 5.41) is 8.96. The summed E-state index contributed by atoms with van der Waals surface area (Å²) >= 11 is 0. The molecule has 23 heavy (non-hydrogen) atoms. The van der Waals surface area contributed by atoms with E-state index in [-0.39, 0.29) is 12.6 Å². The number of carboxylic acid groups (broad SMARTS) is 1. The van der Waals surface area contributed by atoms with Crippen LogP contribution in [0.15, 0.2) is 28.7 Å². The number of hydrogen-bond acceptors (Lipinski definition) is 5. The molecule has 3 aromatic rings. The molecule has 0 unspecified atom stereocenters. The third-order valence-corrected chi connectivity index (χ3v) is 3.82. The molecule has 0 radical (unpaired) electrons. The molecule has 1 aliphatic rings. The van der Waals surface area contributed by atoms with Crippen molar-refractivity contribution in [1.82, 2.24) is 9.55 Å². The number of rotatable bonds is 4. The van der Waals surface area contributed by atoms with Gasteiger partial charge in [-0.3, -0.25) is 0 Å². The lowest BCUT2D eigenvalue weighted by Gasteiger charge is -2.06. The zero-order chi connectivity index (χ0) is 16.0. The minimum Gasteiger partial charge on any atom is -0.475 e. The summed E-state index contributed by atoms with van der Waals surface area (Å²) < 4.78 is 18.2. The van der Waals surface area contributed by atoms with Crippen LogP contribution in [-0.2, 0) is 13.0 Å². The minimum absolute atomic E-state index is 0.0694. The third-order valence-electron chi connectivity index (χ3n) is 3.82. The maximum absolute atomic E-state index is 10.9. The topological polar surface area (TPSA) is 86.7 Å². The summed E-state index contributed by atoms with van der Waals surface area (Å²) in [5.41, 5.74) is 1.72. The molecule has 7 nitrogen and oxygen atoms in total. The van der Waals surface area contributed by atoms with Crippen LogP contribution in [-0.4, -0.2) is 27.4 Å². The SMILES string of the molecule is CCc1nc2cc3c(cc2n1Cc1ccc(C(=O)O)o1)OCO3. The highest BCUT2D eigenvalue weighted by atomic mass is 16.7. The standard InChI is InChI=1S/C16H14N2O5/c1-2-15-17-10-5-13-14(22-8-21-13)6-11(10)18(15)7-9-3-4-12(23-9)16(19)20/h3-6H,2,7-8H2,1H3,(H,19,20). The molecule has 0 saturated heterocycles. The first kappa shape index (κ1) is 13.7. The van der Waals surface area contributed by atoms with Gasteiger partial charge in [0.15, 0.2) is 11.5 Å². The van der Waals surface area contributed by atoms with Gasteiger partial charge in [0.25, 0.3) is 0 Å². The van der Waals surface area contributed by atoms with Crippen molar-refractivity contribution >= 4 is 17.0 Å². The van der Waals surface area contributed by atoms with Crippen LogP contribution < -0.4 is 9.47 Å². The van der Waals surface area contributed by atoms with Gasteiger partial charge in [-0.25, -0.2) is 9.78 Å². The number of benzene rings is 1. The summed E-state index contributed by atoms with van der Waals surface area (Å²) in [5.74, 6) is 1.68. The molecule has 1 aromatic carbocycles. The molecule has 0 aliphatic carbocycles. The van der Waals surface area contributed by atoms with Crippen molar-refractivity contribution in [2.75, 3.05) is 6.79 Å². The van der Waals surface area contributed by atoms with Crippen LogP contribution in [0.25, 0.3) is 11.0 Å². The predicted molar refractivity (Wildman–Crippen MR) is 80.0 cm³/mol. The van der Waals surface area contributed by atoms with E-state index in [1.807, 2.05) is 23.6 Å². The van der Waals surface area contributed by atoms with Gasteiger partial charge in [0.1, 0.15) is 11.6 Å². The number of fused-ring (bicyclic) bond motifs is 2. The van der Waals surface area contributed by atoms with E-state index in [9.17, 15) is 4.79 Å². The Bertz CT molecular complexity index is 909. The number of hydrogen-bond donors (Lipinski definition) is 1. The van der Waals surface area contributed by atoms with Gasteiger partial charge in [-0.1, -0.05) is 6.92 Å². The van der Waals surface area contributed by atoms with E-state index in [0.717, 1.165) is 23.3 Å². The van der Waals surface area contributed by atoms with Crippen molar-refractivity contribution in [3.8, 4) is 11.5 Å². The number of nitrogens with zero attached hydrogens (tertiary/aromatic N) is 2. The van der Waals surface area contributed by atoms with Crippen LogP contribution in [0.1, 0.15) is 29.1 Å². The molecule has 118 valence electrons. The van der Waals surface area contributed by atoms with Crippen molar-refractivity contribution < 1.29 is 23.8 Å². The fraction of sp³-hybridized carbons (Fsp3) is 0.250. The molecule has 0 amide bonds. The van der Waals surface area contributed by atoms with Gasteiger partial charge in [-0.2, -0.15) is 0 Å². The van der Waals surface area contributed by atoms with E-state index < -0.39 is 5.97 Å². The molecule has 0 fully saturated rings. The normalized spacial score (nSPS) is 12.9. The molecule has 1 aliphatic heterocycles. The summed E-state index contributed by atoms with van der Waals surface area (Å²) in [6.07, 6.45) is 0.744. The number of carboxylic acids is 1. The third kappa shape index (κ3) is 2.21. The molecule has 0 spiro atoms. The number of ether oxygens (including phenoxy) is 2. The molecule has 0 saturated carbocycles. The lowest BCUT2D eigenvalue weighted by molar-refractivity contribution is 0.0660. The van der Waals surface area contributed by atoms with Crippen molar-refractivity contribution in [3.63, 3.8) is 0 Å². The average Bonchev–Trinajstić information content (AvgIpc) is 3.24. The van der Waals surface area contributed by atoms with E-state index in [0.29, 0.717) is 23.8 Å². The Morgan fingerprint density at radius 1 is 1.30 bits per heavy atom. The van der Waals surface area contributed by atoms with Crippen LogP contribution in [0.5, 0.6) is 11.5 Å². The van der Waals surface area contributed by atoms with E-state index in [2.05, 4.69) is 4.98 Å². The second-order valence-corrected chi connectivity index (χ2v) is 5.23. The highest BCUT2D eigenvalue weighted by Gasteiger charge is 2.19. The first-order valence-electron chi connectivity index (χ1n) is 7.26. The van der Waals surface area contributed by atoms with Crippen molar-refractivity contribution in [1.29, 1.82) is 0 Å². The molecule has 4 rings (SSSR count). The quantitative estimate of drug-likeness (QED) is 0.796. The second-order valence-electron chi connectivity index (χ2n) is 5.23. The Balaban J connectivity index is 1.79. The molecule has 2 aromatic heterocycles. The number of aromatic carboxylic acids is 1. The minimum atomic E-state index is -1.08. The van der Waals surface area contributed by atoms with E-state index in [1.54, 1.807) is 6.07 Å². The fourth-order valence-corrected chi connectivity index (χ4v) is 2.74. The number of aryl methyl sites for hydroxylation is 1. The highest BCUT2D eigenvalue weighted by molar-refractivity contribution is 5.84. The van der Waals surface area contributed by atoms with Crippen LogP contribution in [0.2, 0.25) is 0 Å². The number of aromatic nitrogens is 2. The van der Waals surface area contributed by atoms with Gasteiger partial charge in [-0.05, 0) is 12.1 Å². The fourth-order valence-electron chi connectivity index (χ4n) is 2.74. The molecule has 3 heterocycles. The van der Waals surface area contributed by atoms with Crippen LogP contribution >= 0.6 is 0 Å². The van der Waals surface area contributed by atoms with E-state index >= 15 is 0 Å². The molecular weight excluding hydrogens is 300 g/mol. The largest absolute Gasteiger partial charge is 0.475 e. The molecule has 0 atom stereocenters. The number of imidazole rings is 1. The summed E-state index contributed by atoms with van der Waals surface area (Å²) in [6.45, 7) is 2.64. The lowest BCUT2D eigenvalue weighted by Crippen LogP contribution is -2.04. The van der Waals surface area contributed by atoms with E-state index in [4.69, 9.17) is 19.0 Å². The Morgan fingerprint density at radius 2 is 2.09 bits per heavy atom. The zero-order valence-corrected chi connectivity index (χ0v) is 12.4. The monoisotopic (exact) mass is 314 g/mol. The Labute approximate surface area is 131 Å². The van der Waals surface area contributed by atoms with Crippen molar-refractivity contribution in [2.24, 2.45) is 0 Å². The van der Waals surface area contributed by atoms with E-state index in [1.165, 1.54) is 6.07 Å². The Morgan fingerprint density at radius 3 is 2.78 bits per heavy atom. The van der Waals surface area contributed by atoms with Crippen molar-refractivity contribution in [2.45, 2.75) is 19.9 Å². The highest BCUT2D eigenvalue weighted by Crippen LogP contribution is 2.36. The van der Waals surface area contributed by atoms with Crippen molar-refractivity contribution in [3.05, 3.63) is 41.6 Å². The van der Waals surface area contributed by atoms with Gasteiger partial charge in [0.2, 0.25) is 12.6 Å². The molecular formula is C16H14N2O5. The Hall–Kier alpha value is -2.96. The first-order chi connectivity index (χ1) is 11.2. The Kier molecular flexibility index (Phi) is 3.00. The first-order valence-corrected chi connectivity index (χ1v) is 7.26. The maximum atomic E-state index is 10.9. The van der Waals surface area contributed by atoms with Crippen LogP contribution in [0.3, 0.4) is 0 Å². The second kappa shape index (κ2) is 5.05. The lowest BCUT2D eigenvalue weighted by atomic mass is 10.2. The van der Waals surface area contributed by atoms with Gasteiger partial charge >= 0.3 is 5.97 Å². The van der Waals surface area contributed by atoms with Gasteiger partial charge in [0.05, 0.1) is 17.6 Å². The van der Waals surface area contributed by atoms with Crippen LogP contribution in [0, 0.1) is 0 Å². The van der Waals surface area contributed by atoms with Gasteiger partial charge in [-0.15, -0.1) is 0 Å². The number of furan rings is 1. The average molecular weight is 314 g/mol. The zero-order valence-electron chi connectivity index (χ0n) is 12.4. The number of carbonyl (C=O) groups is 1. The summed E-state index contributed by atoms with van der Waals surface area (Å²) in [7, 11) is 0. The smallest absolute Gasteiger partial charge is 0.371 e. The maximum Gasteiger partial charge on any atom is 0.371 e. The molecule has 1 N–H and O–H groups in total.